The van der Waals surface area contributed by atoms with Crippen molar-refractivity contribution in [1.29, 1.82) is 0 Å². The van der Waals surface area contributed by atoms with E-state index in [1.807, 2.05) is 29.5 Å². The summed E-state index contributed by atoms with van der Waals surface area (Å²) in [5, 5.41) is 7.31. The molecule has 10 rings (SSSR count). The zero-order valence-electron chi connectivity index (χ0n) is 25.0. The van der Waals surface area contributed by atoms with Crippen molar-refractivity contribution in [2.75, 3.05) is 4.90 Å². The Balaban J connectivity index is 1.20. The van der Waals surface area contributed by atoms with Crippen molar-refractivity contribution in [3.05, 3.63) is 150 Å². The fourth-order valence-corrected chi connectivity index (χ4v) is 8.79. The highest BCUT2D eigenvalue weighted by atomic mass is 32.1. The quantitative estimate of drug-likeness (QED) is 0.198. The number of fused-ring (bicyclic) bond motifs is 11. The first kappa shape index (κ1) is 25.7. The van der Waals surface area contributed by atoms with Crippen LogP contribution < -0.4 is 10.1 Å². The Morgan fingerprint density at radius 2 is 1.50 bits per heavy atom. The Bertz CT molecular complexity index is 2770. The zero-order chi connectivity index (χ0) is 30.4. The fourth-order valence-electron chi connectivity index (χ4n) is 7.64. The van der Waals surface area contributed by atoms with Crippen molar-refractivity contribution in [2.45, 2.75) is 12.5 Å². The number of benzene rings is 5. The molecule has 0 bridgehead atoms. The van der Waals surface area contributed by atoms with Gasteiger partial charge in [0.25, 0.3) is 0 Å². The molecule has 0 spiro atoms. The highest BCUT2D eigenvalue weighted by Gasteiger charge is 2.27. The number of aromatic nitrogens is 1. The maximum Gasteiger partial charge on any atom is 0.137 e. The molecule has 218 valence electrons. The van der Waals surface area contributed by atoms with E-state index in [1.54, 1.807) is 0 Å². The molecular weight excluding hydrogens is 581 g/mol. The van der Waals surface area contributed by atoms with E-state index in [-0.39, 0.29) is 6.04 Å². The summed E-state index contributed by atoms with van der Waals surface area (Å²) >= 11 is 1.89. The highest BCUT2D eigenvalue weighted by molar-refractivity contribution is 7.20. The van der Waals surface area contributed by atoms with Gasteiger partial charge in [-0.05, 0) is 78.0 Å². The fraction of sp³-hybridized carbons (Fsp3) is 0.0476. The SMILES string of the molecule is C=CC=c1c2cc(N(c3ccc4c(c3)oc3ccccc34)C3C=Cc4sc5ccccc5c4C3)ccc2n2c1cc1ccccc12. The van der Waals surface area contributed by atoms with Gasteiger partial charge in [-0.2, -0.15) is 0 Å². The Labute approximate surface area is 269 Å². The van der Waals surface area contributed by atoms with Crippen molar-refractivity contribution in [3.63, 3.8) is 0 Å². The topological polar surface area (TPSA) is 20.8 Å². The van der Waals surface area contributed by atoms with Gasteiger partial charge in [0, 0.05) is 53.8 Å². The molecule has 0 N–H and O–H groups in total. The number of nitrogens with zero attached hydrogens (tertiary/aromatic N) is 2. The average molecular weight is 609 g/mol. The summed E-state index contributed by atoms with van der Waals surface area (Å²) in [6, 6.07) is 41.8. The van der Waals surface area contributed by atoms with Crippen LogP contribution >= 0.6 is 11.3 Å². The lowest BCUT2D eigenvalue weighted by Crippen LogP contribution is -2.32. The van der Waals surface area contributed by atoms with E-state index >= 15 is 0 Å². The van der Waals surface area contributed by atoms with Gasteiger partial charge in [-0.15, -0.1) is 11.3 Å². The van der Waals surface area contributed by atoms with Crippen molar-refractivity contribution < 1.29 is 4.42 Å². The second kappa shape index (κ2) is 9.71. The molecular formula is C42H28N2OS. The summed E-state index contributed by atoms with van der Waals surface area (Å²) < 4.78 is 10.1. The third kappa shape index (κ3) is 3.65. The maximum absolute atomic E-state index is 6.40. The van der Waals surface area contributed by atoms with E-state index in [0.29, 0.717) is 0 Å². The Morgan fingerprint density at radius 3 is 2.43 bits per heavy atom. The van der Waals surface area contributed by atoms with Crippen LogP contribution in [0.5, 0.6) is 0 Å². The lowest BCUT2D eigenvalue weighted by atomic mass is 9.95. The number of anilines is 2. The van der Waals surface area contributed by atoms with Crippen molar-refractivity contribution >= 4 is 94.2 Å². The van der Waals surface area contributed by atoms with E-state index in [9.17, 15) is 0 Å². The van der Waals surface area contributed by atoms with Gasteiger partial charge in [-0.3, -0.25) is 0 Å². The molecule has 0 aliphatic heterocycles. The third-order valence-corrected chi connectivity index (χ3v) is 10.8. The summed E-state index contributed by atoms with van der Waals surface area (Å²) in [6.07, 6.45) is 9.68. The molecule has 9 aromatic rings. The lowest BCUT2D eigenvalue weighted by molar-refractivity contribution is 0.668. The lowest BCUT2D eigenvalue weighted by Gasteiger charge is -2.34. The first-order valence-corrected chi connectivity index (χ1v) is 16.5. The minimum Gasteiger partial charge on any atom is -0.456 e. The van der Waals surface area contributed by atoms with Crippen LogP contribution in [-0.2, 0) is 6.42 Å². The largest absolute Gasteiger partial charge is 0.456 e. The van der Waals surface area contributed by atoms with Crippen LogP contribution in [0.25, 0.3) is 71.5 Å². The Hall–Kier alpha value is -5.58. The summed E-state index contributed by atoms with van der Waals surface area (Å²) in [5.41, 5.74) is 9.14. The molecule has 0 fully saturated rings. The van der Waals surface area contributed by atoms with Crippen molar-refractivity contribution in [2.24, 2.45) is 0 Å². The molecule has 0 saturated heterocycles. The van der Waals surface area contributed by atoms with Gasteiger partial charge in [-0.1, -0.05) is 79.4 Å². The van der Waals surface area contributed by atoms with Crippen LogP contribution in [0.4, 0.5) is 11.4 Å². The van der Waals surface area contributed by atoms with Crippen LogP contribution in [0.15, 0.2) is 138 Å². The van der Waals surface area contributed by atoms with E-state index in [4.69, 9.17) is 4.42 Å². The predicted molar refractivity (Wildman–Crippen MR) is 196 cm³/mol. The molecule has 5 aromatic carbocycles. The molecule has 1 unspecified atom stereocenters. The van der Waals surface area contributed by atoms with E-state index < -0.39 is 0 Å². The van der Waals surface area contributed by atoms with Crippen molar-refractivity contribution in [1.82, 2.24) is 4.40 Å². The molecule has 1 aliphatic rings. The average Bonchev–Trinajstić information content (AvgIpc) is 3.84. The van der Waals surface area contributed by atoms with Gasteiger partial charge < -0.3 is 13.7 Å². The molecule has 1 atom stereocenters. The molecule has 1 aliphatic carbocycles. The van der Waals surface area contributed by atoms with Crippen LogP contribution in [0.1, 0.15) is 10.4 Å². The molecule has 4 heteroatoms. The Morgan fingerprint density at radius 1 is 0.717 bits per heavy atom. The normalized spacial score (nSPS) is 15.2. The third-order valence-electron chi connectivity index (χ3n) is 9.65. The summed E-state index contributed by atoms with van der Waals surface area (Å²) in [4.78, 5) is 3.86. The minimum absolute atomic E-state index is 0.123. The van der Waals surface area contributed by atoms with Crippen LogP contribution in [0.3, 0.4) is 0 Å². The summed E-state index contributed by atoms with van der Waals surface area (Å²) in [5.74, 6) is 0. The van der Waals surface area contributed by atoms with Crippen LogP contribution in [-0.4, -0.2) is 10.4 Å². The van der Waals surface area contributed by atoms with Gasteiger partial charge in [0.1, 0.15) is 11.2 Å². The number of thiophene rings is 1. The van der Waals surface area contributed by atoms with Crippen molar-refractivity contribution in [3.8, 4) is 0 Å². The smallest absolute Gasteiger partial charge is 0.137 e. The molecule has 0 saturated carbocycles. The standard InChI is InChI=1S/C42H28N2OS/c1-2-9-30-34-23-27(17-20-37(34)44-36-13-6-3-10-26(36)22-38(30)44)43(28-18-21-42-35(24-28)33-12-5-8-15-41(33)46-42)29-16-19-32-31-11-4-7-14-39(31)45-40(32)25-29/h2-23,25,28H,1,24H2. The van der Waals surface area contributed by atoms with Gasteiger partial charge >= 0.3 is 0 Å². The first-order valence-electron chi connectivity index (χ1n) is 15.7. The number of furan rings is 1. The van der Waals surface area contributed by atoms with E-state index in [2.05, 4.69) is 137 Å². The molecule has 0 amide bonds. The van der Waals surface area contributed by atoms with Gasteiger partial charge in [0.15, 0.2) is 0 Å². The van der Waals surface area contributed by atoms with Gasteiger partial charge in [-0.25, -0.2) is 0 Å². The molecule has 4 aromatic heterocycles. The van der Waals surface area contributed by atoms with Gasteiger partial charge in [0.05, 0.1) is 22.6 Å². The molecule has 46 heavy (non-hydrogen) atoms. The number of rotatable bonds is 4. The van der Waals surface area contributed by atoms with E-state index in [0.717, 1.165) is 39.7 Å². The van der Waals surface area contributed by atoms with Crippen LogP contribution in [0, 0.1) is 0 Å². The number of para-hydroxylation sites is 2. The number of hydrogen-bond donors (Lipinski definition) is 0. The summed E-state index contributed by atoms with van der Waals surface area (Å²) in [6.45, 7) is 4.08. The molecule has 4 heterocycles. The number of hydrogen-bond acceptors (Lipinski definition) is 3. The molecule has 0 radical (unpaired) electrons. The monoisotopic (exact) mass is 608 g/mol. The second-order valence-electron chi connectivity index (χ2n) is 12.2. The maximum atomic E-state index is 6.40. The zero-order valence-corrected chi connectivity index (χ0v) is 25.8. The summed E-state index contributed by atoms with van der Waals surface area (Å²) in [7, 11) is 0. The van der Waals surface area contributed by atoms with Crippen LogP contribution in [0.2, 0.25) is 0 Å². The van der Waals surface area contributed by atoms with E-state index in [1.165, 1.54) is 53.1 Å². The molecule has 3 nitrogen and oxygen atoms in total. The van der Waals surface area contributed by atoms with Gasteiger partial charge in [0.2, 0.25) is 0 Å². The second-order valence-corrected chi connectivity index (χ2v) is 13.2. The highest BCUT2D eigenvalue weighted by Crippen LogP contribution is 2.41. The Kier molecular flexibility index (Phi) is 5.43. The minimum atomic E-state index is 0.123. The first-order chi connectivity index (χ1) is 22.7. The predicted octanol–water partition coefficient (Wildman–Crippen LogP) is 10.8. The number of allylic oxidation sites excluding steroid dienone is 1.